The molecule has 3 aromatic rings. The number of imidazole rings is 1. The van der Waals surface area contributed by atoms with Crippen LogP contribution in [0.15, 0.2) is 34.9 Å². The minimum Gasteiger partial charge on any atom is -0.463 e. The van der Waals surface area contributed by atoms with Crippen molar-refractivity contribution in [1.29, 1.82) is 0 Å². The molecule has 3 aromatic heterocycles. The van der Waals surface area contributed by atoms with E-state index in [1.165, 1.54) is 5.56 Å². The van der Waals surface area contributed by atoms with Gasteiger partial charge in [-0.25, -0.2) is 4.98 Å². The molecule has 0 saturated heterocycles. The fourth-order valence-corrected chi connectivity index (χ4v) is 3.92. The number of fused-ring (bicyclic) bond motifs is 1. The molecule has 0 fully saturated rings. The van der Waals surface area contributed by atoms with Crippen LogP contribution in [0.1, 0.15) is 52.3 Å². The second-order valence-corrected chi connectivity index (χ2v) is 8.90. The van der Waals surface area contributed by atoms with Gasteiger partial charge in [-0.15, -0.1) is 12.4 Å². The third-order valence-corrected chi connectivity index (χ3v) is 4.23. The molecule has 0 saturated carbocycles. The minimum atomic E-state index is -0.0765. The summed E-state index contributed by atoms with van der Waals surface area (Å²) in [7, 11) is 0. The molecule has 5 heteroatoms. The Morgan fingerprint density at radius 3 is 2.38 bits per heavy atom. The van der Waals surface area contributed by atoms with Crippen LogP contribution in [0, 0.1) is 19.3 Å². The van der Waals surface area contributed by atoms with Crippen molar-refractivity contribution in [1.82, 2.24) is 9.38 Å². The SMILES string of the molecule is Cc1cc(C)n2c(NC(C)(C)CC(C)(C)C)c(-c3ccco3)nc2c1.Cl. The number of nitrogens with zero attached hydrogens (tertiary/aromatic N) is 2. The van der Waals surface area contributed by atoms with Crippen LogP contribution in [0.2, 0.25) is 0 Å². The summed E-state index contributed by atoms with van der Waals surface area (Å²) in [6, 6.07) is 8.16. The largest absolute Gasteiger partial charge is 0.463 e. The predicted octanol–water partition coefficient (Wildman–Crippen LogP) is 6.26. The number of rotatable bonds is 4. The lowest BCUT2D eigenvalue weighted by atomic mass is 9.82. The van der Waals surface area contributed by atoms with Crippen molar-refractivity contribution in [3.05, 3.63) is 41.8 Å². The molecular weight excluding hydrogens is 346 g/mol. The lowest BCUT2D eigenvalue weighted by Gasteiger charge is -2.34. The third kappa shape index (κ3) is 4.24. The molecule has 0 amide bonds. The Hall–Kier alpha value is -1.94. The Balaban J connectivity index is 0.00000243. The van der Waals surface area contributed by atoms with E-state index >= 15 is 0 Å². The zero-order chi connectivity index (χ0) is 18.4. The molecule has 0 bridgehead atoms. The van der Waals surface area contributed by atoms with E-state index < -0.39 is 0 Å². The summed E-state index contributed by atoms with van der Waals surface area (Å²) >= 11 is 0. The number of furan rings is 1. The molecule has 0 atom stereocenters. The summed E-state index contributed by atoms with van der Waals surface area (Å²) in [5.41, 5.74) is 4.33. The average Bonchev–Trinajstić information content (AvgIpc) is 3.02. The maximum Gasteiger partial charge on any atom is 0.156 e. The van der Waals surface area contributed by atoms with Gasteiger partial charge in [-0.3, -0.25) is 4.40 Å². The summed E-state index contributed by atoms with van der Waals surface area (Å²) in [4.78, 5) is 4.86. The van der Waals surface area contributed by atoms with E-state index in [0.717, 1.165) is 35.0 Å². The van der Waals surface area contributed by atoms with Gasteiger partial charge in [-0.05, 0) is 69.4 Å². The molecule has 0 aromatic carbocycles. The second-order valence-electron chi connectivity index (χ2n) is 8.90. The Kier molecular flexibility index (Phi) is 5.48. The van der Waals surface area contributed by atoms with E-state index in [4.69, 9.17) is 9.40 Å². The van der Waals surface area contributed by atoms with E-state index in [1.807, 2.05) is 12.1 Å². The van der Waals surface area contributed by atoms with E-state index in [0.29, 0.717) is 0 Å². The first-order valence-corrected chi connectivity index (χ1v) is 8.88. The van der Waals surface area contributed by atoms with Crippen molar-refractivity contribution in [3.8, 4) is 11.5 Å². The van der Waals surface area contributed by atoms with Crippen molar-refractivity contribution >= 4 is 23.9 Å². The highest BCUT2D eigenvalue weighted by Crippen LogP contribution is 2.35. The highest BCUT2D eigenvalue weighted by atomic mass is 35.5. The topological polar surface area (TPSA) is 42.5 Å². The molecular formula is C21H30ClN3O. The van der Waals surface area contributed by atoms with Crippen molar-refractivity contribution in [2.45, 2.75) is 60.4 Å². The summed E-state index contributed by atoms with van der Waals surface area (Å²) in [5.74, 6) is 1.78. The summed E-state index contributed by atoms with van der Waals surface area (Å²) in [5, 5.41) is 3.76. The number of pyridine rings is 1. The quantitative estimate of drug-likeness (QED) is 0.585. The molecule has 0 aliphatic rings. The van der Waals surface area contributed by atoms with Crippen LogP contribution in [0.5, 0.6) is 0 Å². The van der Waals surface area contributed by atoms with Crippen LogP contribution < -0.4 is 5.32 Å². The number of aromatic nitrogens is 2. The van der Waals surface area contributed by atoms with E-state index in [-0.39, 0.29) is 23.4 Å². The van der Waals surface area contributed by atoms with Gasteiger partial charge in [-0.1, -0.05) is 20.8 Å². The van der Waals surface area contributed by atoms with E-state index in [1.54, 1.807) is 6.26 Å². The molecule has 4 nitrogen and oxygen atoms in total. The smallest absolute Gasteiger partial charge is 0.156 e. The van der Waals surface area contributed by atoms with Crippen molar-refractivity contribution in [3.63, 3.8) is 0 Å². The zero-order valence-corrected chi connectivity index (χ0v) is 17.6. The Labute approximate surface area is 162 Å². The zero-order valence-electron chi connectivity index (χ0n) is 16.8. The van der Waals surface area contributed by atoms with Crippen LogP contribution in [0.25, 0.3) is 17.1 Å². The molecule has 3 heterocycles. The van der Waals surface area contributed by atoms with Gasteiger partial charge in [0.2, 0.25) is 0 Å². The summed E-state index contributed by atoms with van der Waals surface area (Å²) < 4.78 is 7.85. The number of hydrogen-bond donors (Lipinski definition) is 1. The van der Waals surface area contributed by atoms with Crippen molar-refractivity contribution in [2.24, 2.45) is 5.41 Å². The molecule has 142 valence electrons. The average molecular weight is 376 g/mol. The van der Waals surface area contributed by atoms with Gasteiger partial charge in [0.1, 0.15) is 17.2 Å². The normalized spacial score (nSPS) is 12.3. The van der Waals surface area contributed by atoms with Crippen LogP contribution in [0.3, 0.4) is 0 Å². The monoisotopic (exact) mass is 375 g/mol. The number of anilines is 1. The second kappa shape index (κ2) is 6.99. The number of halogens is 1. The highest BCUT2D eigenvalue weighted by molar-refractivity contribution is 5.85. The van der Waals surface area contributed by atoms with Crippen molar-refractivity contribution < 1.29 is 4.42 Å². The standard InChI is InChI=1S/C21H29N3O.ClH/c1-14-11-15(2)24-17(12-14)22-18(16-9-8-10-25-16)19(24)23-21(6,7)13-20(3,4)5;/h8-12,23H,13H2,1-7H3;1H. The lowest BCUT2D eigenvalue weighted by molar-refractivity contribution is 0.302. The van der Waals surface area contributed by atoms with E-state index in [2.05, 4.69) is 70.3 Å². The molecule has 0 aliphatic carbocycles. The van der Waals surface area contributed by atoms with Gasteiger partial charge in [-0.2, -0.15) is 0 Å². The molecule has 0 aliphatic heterocycles. The fraction of sp³-hybridized carbons (Fsp3) is 0.476. The maximum atomic E-state index is 5.66. The van der Waals surface area contributed by atoms with Gasteiger partial charge in [0, 0.05) is 11.2 Å². The Morgan fingerprint density at radius 2 is 1.81 bits per heavy atom. The van der Waals surface area contributed by atoms with Gasteiger partial charge in [0.25, 0.3) is 0 Å². The molecule has 0 spiro atoms. The third-order valence-electron chi connectivity index (χ3n) is 4.23. The van der Waals surface area contributed by atoms with Crippen LogP contribution in [0.4, 0.5) is 5.82 Å². The Bertz CT molecular complexity index is 886. The van der Waals surface area contributed by atoms with Crippen LogP contribution >= 0.6 is 12.4 Å². The number of hydrogen-bond acceptors (Lipinski definition) is 3. The molecule has 0 unspecified atom stereocenters. The first-order valence-electron chi connectivity index (χ1n) is 8.88. The van der Waals surface area contributed by atoms with E-state index in [9.17, 15) is 0 Å². The molecule has 26 heavy (non-hydrogen) atoms. The Morgan fingerprint density at radius 1 is 1.12 bits per heavy atom. The van der Waals surface area contributed by atoms with Gasteiger partial charge < -0.3 is 9.73 Å². The predicted molar refractivity (Wildman–Crippen MR) is 111 cm³/mol. The molecule has 1 N–H and O–H groups in total. The summed E-state index contributed by atoms with van der Waals surface area (Å²) in [6.45, 7) is 15.5. The first-order chi connectivity index (χ1) is 11.6. The molecule has 3 rings (SSSR count). The number of aryl methyl sites for hydroxylation is 2. The van der Waals surface area contributed by atoms with Gasteiger partial charge >= 0.3 is 0 Å². The summed E-state index contributed by atoms with van der Waals surface area (Å²) in [6.07, 6.45) is 2.73. The minimum absolute atomic E-state index is 0. The number of nitrogens with one attached hydrogen (secondary N) is 1. The fourth-order valence-electron chi connectivity index (χ4n) is 3.92. The first kappa shape index (κ1) is 20.4. The highest BCUT2D eigenvalue weighted by Gasteiger charge is 2.28. The maximum absolute atomic E-state index is 5.66. The van der Waals surface area contributed by atoms with Gasteiger partial charge in [0.15, 0.2) is 5.76 Å². The van der Waals surface area contributed by atoms with Crippen molar-refractivity contribution in [2.75, 3.05) is 5.32 Å². The van der Waals surface area contributed by atoms with Gasteiger partial charge in [0.05, 0.1) is 6.26 Å². The lowest BCUT2D eigenvalue weighted by Crippen LogP contribution is -2.36. The van der Waals surface area contributed by atoms with Crippen LogP contribution in [-0.4, -0.2) is 14.9 Å². The van der Waals surface area contributed by atoms with Crippen LogP contribution in [-0.2, 0) is 0 Å². The molecule has 0 radical (unpaired) electrons.